The predicted molar refractivity (Wildman–Crippen MR) is 104 cm³/mol. The number of carbonyl (C=O) groups excluding carboxylic acids is 2. The van der Waals surface area contributed by atoms with Gasteiger partial charge in [-0.3, -0.25) is 9.59 Å². The van der Waals surface area contributed by atoms with E-state index in [4.69, 9.17) is 0 Å². The maximum atomic E-state index is 12.5. The van der Waals surface area contributed by atoms with Gasteiger partial charge in [-0.2, -0.15) is 0 Å². The summed E-state index contributed by atoms with van der Waals surface area (Å²) in [5.74, 6) is 0.183. The van der Waals surface area contributed by atoms with Gasteiger partial charge < -0.3 is 10.6 Å². The minimum absolute atomic E-state index is 0.00669. The third-order valence-electron chi connectivity index (χ3n) is 5.18. The van der Waals surface area contributed by atoms with Crippen molar-refractivity contribution < 1.29 is 9.59 Å². The first-order chi connectivity index (χ1) is 12.6. The second-order valence-corrected chi connectivity index (χ2v) is 7.06. The summed E-state index contributed by atoms with van der Waals surface area (Å²) in [7, 11) is 0. The van der Waals surface area contributed by atoms with Gasteiger partial charge in [0.15, 0.2) is 0 Å². The van der Waals surface area contributed by atoms with Gasteiger partial charge in [-0.1, -0.05) is 48.5 Å². The lowest BCUT2D eigenvalue weighted by molar-refractivity contribution is -0.128. The summed E-state index contributed by atoms with van der Waals surface area (Å²) in [4.78, 5) is 24.9. The van der Waals surface area contributed by atoms with Crippen LogP contribution in [-0.2, 0) is 16.1 Å². The Morgan fingerprint density at radius 1 is 0.846 bits per heavy atom. The lowest BCUT2D eigenvalue weighted by Crippen LogP contribution is -2.35. The van der Waals surface area contributed by atoms with Crippen molar-refractivity contribution in [3.63, 3.8) is 0 Å². The van der Waals surface area contributed by atoms with E-state index in [-0.39, 0.29) is 23.7 Å². The largest absolute Gasteiger partial charge is 0.352 e. The number of hydrogen-bond acceptors (Lipinski definition) is 2. The normalized spacial score (nSPS) is 19.6. The minimum Gasteiger partial charge on any atom is -0.352 e. The van der Waals surface area contributed by atoms with E-state index in [1.165, 1.54) is 0 Å². The average Bonchev–Trinajstić information content (AvgIpc) is 2.69. The fourth-order valence-electron chi connectivity index (χ4n) is 3.50. The highest BCUT2D eigenvalue weighted by Gasteiger charge is 2.29. The van der Waals surface area contributed by atoms with Crippen molar-refractivity contribution >= 4 is 17.5 Å². The SMILES string of the molecule is Cc1ccccc1NC(=O)C1CCC(C(=O)NCc2ccccc2)CC1. The standard InChI is InChI=1S/C22H26N2O2/c1-16-7-5-6-10-20(16)24-22(26)19-13-11-18(12-14-19)21(25)23-15-17-8-3-2-4-9-17/h2-10,18-19H,11-15H2,1H3,(H,23,25)(H,24,26). The first kappa shape index (κ1) is 18.2. The Morgan fingerprint density at radius 2 is 1.42 bits per heavy atom. The number of nitrogens with one attached hydrogen (secondary N) is 2. The zero-order chi connectivity index (χ0) is 18.4. The zero-order valence-corrected chi connectivity index (χ0v) is 15.2. The predicted octanol–water partition coefficient (Wildman–Crippen LogP) is 4.06. The molecule has 1 aliphatic carbocycles. The highest BCUT2D eigenvalue weighted by Crippen LogP contribution is 2.30. The molecule has 0 aromatic heterocycles. The van der Waals surface area contributed by atoms with Crippen LogP contribution in [0, 0.1) is 18.8 Å². The van der Waals surface area contributed by atoms with Crippen LogP contribution in [0.1, 0.15) is 36.8 Å². The van der Waals surface area contributed by atoms with E-state index in [1.54, 1.807) is 0 Å². The summed E-state index contributed by atoms with van der Waals surface area (Å²) >= 11 is 0. The Hall–Kier alpha value is -2.62. The van der Waals surface area contributed by atoms with Crippen molar-refractivity contribution in [2.45, 2.75) is 39.2 Å². The smallest absolute Gasteiger partial charge is 0.227 e. The van der Waals surface area contributed by atoms with E-state index in [2.05, 4.69) is 10.6 Å². The van der Waals surface area contributed by atoms with Crippen LogP contribution in [0.4, 0.5) is 5.69 Å². The molecule has 136 valence electrons. The van der Waals surface area contributed by atoms with Gasteiger partial charge in [0.25, 0.3) is 0 Å². The molecular formula is C22H26N2O2. The van der Waals surface area contributed by atoms with Gasteiger partial charge >= 0.3 is 0 Å². The third-order valence-corrected chi connectivity index (χ3v) is 5.18. The first-order valence-corrected chi connectivity index (χ1v) is 9.31. The van der Waals surface area contributed by atoms with Crippen LogP contribution < -0.4 is 10.6 Å². The average molecular weight is 350 g/mol. The summed E-state index contributed by atoms with van der Waals surface area (Å²) in [6.07, 6.45) is 3.07. The minimum atomic E-state index is -0.00669. The molecule has 2 aromatic rings. The lowest BCUT2D eigenvalue weighted by Gasteiger charge is -2.27. The molecule has 2 amide bonds. The van der Waals surface area contributed by atoms with Gasteiger partial charge in [0, 0.05) is 24.1 Å². The van der Waals surface area contributed by atoms with Gasteiger partial charge in [0.05, 0.1) is 0 Å². The monoisotopic (exact) mass is 350 g/mol. The second-order valence-electron chi connectivity index (χ2n) is 7.06. The molecule has 0 unspecified atom stereocenters. The molecule has 1 fully saturated rings. The number of para-hydroxylation sites is 1. The van der Waals surface area contributed by atoms with Crippen LogP contribution in [0.3, 0.4) is 0 Å². The van der Waals surface area contributed by atoms with Crippen LogP contribution >= 0.6 is 0 Å². The quantitative estimate of drug-likeness (QED) is 0.854. The van der Waals surface area contributed by atoms with Gasteiger partial charge in [0.1, 0.15) is 0 Å². The van der Waals surface area contributed by atoms with Crippen molar-refractivity contribution in [3.8, 4) is 0 Å². The van der Waals surface area contributed by atoms with E-state index >= 15 is 0 Å². The Kier molecular flexibility index (Phi) is 6.05. The molecule has 0 spiro atoms. The Balaban J connectivity index is 1.45. The summed E-state index contributed by atoms with van der Waals surface area (Å²) < 4.78 is 0. The van der Waals surface area contributed by atoms with Crippen molar-refractivity contribution in [1.29, 1.82) is 0 Å². The molecule has 2 aromatic carbocycles. The Morgan fingerprint density at radius 3 is 2.08 bits per heavy atom. The van der Waals surface area contributed by atoms with E-state index < -0.39 is 0 Å². The number of benzene rings is 2. The molecular weight excluding hydrogens is 324 g/mol. The van der Waals surface area contributed by atoms with Crippen LogP contribution in [0.5, 0.6) is 0 Å². The molecule has 0 aliphatic heterocycles. The number of amides is 2. The molecule has 3 rings (SSSR count). The van der Waals surface area contributed by atoms with Crippen molar-refractivity contribution in [2.75, 3.05) is 5.32 Å². The topological polar surface area (TPSA) is 58.2 Å². The van der Waals surface area contributed by atoms with Crippen molar-refractivity contribution in [3.05, 3.63) is 65.7 Å². The fourth-order valence-corrected chi connectivity index (χ4v) is 3.50. The fraction of sp³-hybridized carbons (Fsp3) is 0.364. The van der Waals surface area contributed by atoms with Gasteiger partial charge in [0.2, 0.25) is 11.8 Å². The zero-order valence-electron chi connectivity index (χ0n) is 15.2. The van der Waals surface area contributed by atoms with Crippen LogP contribution in [0.2, 0.25) is 0 Å². The lowest BCUT2D eigenvalue weighted by atomic mass is 9.81. The Labute approximate surface area is 155 Å². The maximum Gasteiger partial charge on any atom is 0.227 e. The van der Waals surface area contributed by atoms with Gasteiger partial charge in [-0.15, -0.1) is 0 Å². The molecule has 0 atom stereocenters. The molecule has 0 bridgehead atoms. The van der Waals surface area contributed by atoms with Gasteiger partial charge in [-0.25, -0.2) is 0 Å². The highest BCUT2D eigenvalue weighted by atomic mass is 16.2. The van der Waals surface area contributed by atoms with E-state index in [1.807, 2.05) is 61.5 Å². The molecule has 0 radical (unpaired) electrons. The second kappa shape index (κ2) is 8.65. The van der Waals surface area contributed by atoms with E-state index in [9.17, 15) is 9.59 Å². The van der Waals surface area contributed by atoms with Crippen LogP contribution in [0.15, 0.2) is 54.6 Å². The molecule has 1 saturated carbocycles. The van der Waals surface area contributed by atoms with Crippen molar-refractivity contribution in [1.82, 2.24) is 5.32 Å². The summed E-state index contributed by atoms with van der Waals surface area (Å²) in [5.41, 5.74) is 3.04. The summed E-state index contributed by atoms with van der Waals surface area (Å²) in [6.45, 7) is 2.55. The number of hydrogen-bond donors (Lipinski definition) is 2. The summed E-state index contributed by atoms with van der Waals surface area (Å²) in [5, 5.41) is 6.05. The van der Waals surface area contributed by atoms with E-state index in [0.29, 0.717) is 6.54 Å². The van der Waals surface area contributed by atoms with Gasteiger partial charge in [-0.05, 0) is 49.8 Å². The number of rotatable bonds is 5. The molecule has 1 aliphatic rings. The molecule has 4 heteroatoms. The Bertz CT molecular complexity index is 750. The van der Waals surface area contributed by atoms with Crippen LogP contribution in [-0.4, -0.2) is 11.8 Å². The number of anilines is 1. The number of aryl methyl sites for hydroxylation is 1. The van der Waals surface area contributed by atoms with Crippen molar-refractivity contribution in [2.24, 2.45) is 11.8 Å². The summed E-state index contributed by atoms with van der Waals surface area (Å²) in [6, 6.07) is 17.7. The molecule has 0 heterocycles. The number of carbonyl (C=O) groups is 2. The molecule has 26 heavy (non-hydrogen) atoms. The molecule has 2 N–H and O–H groups in total. The van der Waals surface area contributed by atoms with Crippen LogP contribution in [0.25, 0.3) is 0 Å². The first-order valence-electron chi connectivity index (χ1n) is 9.31. The third kappa shape index (κ3) is 4.72. The highest BCUT2D eigenvalue weighted by molar-refractivity contribution is 5.93. The molecule has 0 saturated heterocycles. The van der Waals surface area contributed by atoms with E-state index in [0.717, 1.165) is 42.5 Å². The maximum absolute atomic E-state index is 12.5. The molecule has 4 nitrogen and oxygen atoms in total.